The van der Waals surface area contributed by atoms with Crippen LogP contribution in [-0.2, 0) is 14.3 Å². The fraction of sp³-hybridized carbons (Fsp3) is 0.600. The molecule has 7 heteroatoms. The van der Waals surface area contributed by atoms with Gasteiger partial charge in [0.25, 0.3) is 5.91 Å². The predicted molar refractivity (Wildman–Crippen MR) is 98.0 cm³/mol. The smallest absolute Gasteiger partial charge is 0.305 e. The Morgan fingerprint density at radius 1 is 1.07 bits per heavy atom. The van der Waals surface area contributed by atoms with E-state index < -0.39 is 5.97 Å². The Hall–Kier alpha value is -2.12. The summed E-state index contributed by atoms with van der Waals surface area (Å²) in [5.41, 5.74) is 0.517. The third-order valence-corrected chi connectivity index (χ3v) is 4.89. The van der Waals surface area contributed by atoms with E-state index in [2.05, 4.69) is 0 Å². The van der Waals surface area contributed by atoms with Crippen molar-refractivity contribution >= 4 is 11.9 Å². The van der Waals surface area contributed by atoms with Gasteiger partial charge in [0, 0.05) is 31.9 Å². The summed E-state index contributed by atoms with van der Waals surface area (Å²) in [4.78, 5) is 25.3. The number of carbonyl (C=O) groups excluding carboxylic acids is 1. The summed E-state index contributed by atoms with van der Waals surface area (Å²) in [6.07, 6.45) is 3.99. The lowest BCUT2D eigenvalue weighted by atomic mass is 10.1. The minimum absolute atomic E-state index is 0.0169. The van der Waals surface area contributed by atoms with Gasteiger partial charge in [0.1, 0.15) is 12.4 Å². The van der Waals surface area contributed by atoms with Crippen LogP contribution in [0, 0.1) is 0 Å². The molecule has 7 nitrogen and oxygen atoms in total. The van der Waals surface area contributed by atoms with Crippen molar-refractivity contribution in [1.29, 1.82) is 0 Å². The molecule has 2 fully saturated rings. The molecule has 0 spiro atoms. The molecule has 2 heterocycles. The summed E-state index contributed by atoms with van der Waals surface area (Å²) in [5.74, 6) is -0.409. The van der Waals surface area contributed by atoms with Crippen LogP contribution >= 0.6 is 0 Å². The zero-order chi connectivity index (χ0) is 19.1. The SMILES string of the molecule is O=C(O)CCN(C[C@@H]1CCCO1)C(=O)c1ccc(OC[C@@H]2CCCO2)cc1. The molecule has 0 aromatic heterocycles. The van der Waals surface area contributed by atoms with Crippen LogP contribution in [0.3, 0.4) is 0 Å². The molecule has 0 aliphatic carbocycles. The van der Waals surface area contributed by atoms with Gasteiger partial charge < -0.3 is 24.2 Å². The average molecular weight is 377 g/mol. The molecular weight excluding hydrogens is 350 g/mol. The fourth-order valence-electron chi connectivity index (χ4n) is 3.38. The van der Waals surface area contributed by atoms with Crippen molar-refractivity contribution in [2.75, 3.05) is 32.9 Å². The molecule has 1 aromatic rings. The number of nitrogens with zero attached hydrogens (tertiary/aromatic N) is 1. The lowest BCUT2D eigenvalue weighted by Crippen LogP contribution is -2.38. The Balaban J connectivity index is 1.58. The van der Waals surface area contributed by atoms with Gasteiger partial charge in [0.15, 0.2) is 0 Å². The van der Waals surface area contributed by atoms with Gasteiger partial charge in [-0.05, 0) is 49.9 Å². The van der Waals surface area contributed by atoms with Crippen molar-refractivity contribution in [2.24, 2.45) is 0 Å². The van der Waals surface area contributed by atoms with Gasteiger partial charge in [-0.2, -0.15) is 0 Å². The van der Waals surface area contributed by atoms with Crippen molar-refractivity contribution in [3.63, 3.8) is 0 Å². The molecule has 1 aromatic carbocycles. The number of hydrogen-bond acceptors (Lipinski definition) is 5. The van der Waals surface area contributed by atoms with Crippen LogP contribution in [0.15, 0.2) is 24.3 Å². The van der Waals surface area contributed by atoms with Crippen molar-refractivity contribution in [2.45, 2.75) is 44.3 Å². The van der Waals surface area contributed by atoms with E-state index >= 15 is 0 Å². The van der Waals surface area contributed by atoms with Crippen molar-refractivity contribution in [1.82, 2.24) is 4.90 Å². The van der Waals surface area contributed by atoms with Gasteiger partial charge in [-0.3, -0.25) is 9.59 Å². The Bertz CT molecular complexity index is 620. The topological polar surface area (TPSA) is 85.3 Å². The van der Waals surface area contributed by atoms with Gasteiger partial charge in [0.2, 0.25) is 0 Å². The maximum Gasteiger partial charge on any atom is 0.305 e. The van der Waals surface area contributed by atoms with Gasteiger partial charge >= 0.3 is 5.97 Å². The van der Waals surface area contributed by atoms with E-state index in [1.165, 1.54) is 0 Å². The number of aliphatic carboxylic acids is 1. The Morgan fingerprint density at radius 2 is 1.74 bits per heavy atom. The third kappa shape index (κ3) is 5.94. The second-order valence-corrected chi connectivity index (χ2v) is 7.00. The highest BCUT2D eigenvalue weighted by Gasteiger charge is 2.24. The standard InChI is InChI=1S/C20H27NO6/c22-19(23)9-10-21(13-17-3-1-11-25-17)20(24)15-5-7-16(8-6-15)27-14-18-4-2-12-26-18/h5-8,17-18H,1-4,9-14H2,(H,22,23)/t17-,18-/m0/s1. The maximum atomic E-state index is 12.8. The van der Waals surface area contributed by atoms with E-state index in [4.69, 9.17) is 19.3 Å². The largest absolute Gasteiger partial charge is 0.491 e. The quantitative estimate of drug-likeness (QED) is 0.711. The lowest BCUT2D eigenvalue weighted by molar-refractivity contribution is -0.137. The minimum Gasteiger partial charge on any atom is -0.491 e. The second-order valence-electron chi connectivity index (χ2n) is 7.00. The molecule has 148 valence electrons. The first-order valence-corrected chi connectivity index (χ1v) is 9.59. The van der Waals surface area contributed by atoms with Gasteiger partial charge in [-0.25, -0.2) is 0 Å². The molecule has 0 unspecified atom stereocenters. The number of carboxylic acids is 1. The molecule has 2 aliphatic heterocycles. The third-order valence-electron chi connectivity index (χ3n) is 4.89. The Labute approximate surface area is 159 Å². The van der Waals surface area contributed by atoms with Crippen LogP contribution in [0.1, 0.15) is 42.5 Å². The number of rotatable bonds is 9. The molecule has 2 aliphatic rings. The minimum atomic E-state index is -0.919. The zero-order valence-corrected chi connectivity index (χ0v) is 15.5. The van der Waals surface area contributed by atoms with E-state index in [0.29, 0.717) is 31.1 Å². The number of carbonyl (C=O) groups is 2. The van der Waals surface area contributed by atoms with Crippen LogP contribution in [0.4, 0.5) is 0 Å². The van der Waals surface area contributed by atoms with E-state index in [-0.39, 0.29) is 31.1 Å². The molecule has 1 amide bonds. The summed E-state index contributed by atoms with van der Waals surface area (Å²) in [5, 5.41) is 8.96. The number of hydrogen-bond donors (Lipinski definition) is 1. The van der Waals surface area contributed by atoms with Crippen molar-refractivity contribution < 1.29 is 28.9 Å². The van der Waals surface area contributed by atoms with Gasteiger partial charge in [0.05, 0.1) is 18.6 Å². The van der Waals surface area contributed by atoms with Gasteiger partial charge in [-0.15, -0.1) is 0 Å². The molecule has 3 rings (SSSR count). The van der Waals surface area contributed by atoms with E-state index in [9.17, 15) is 9.59 Å². The molecule has 2 atom stereocenters. The van der Waals surface area contributed by atoms with Gasteiger partial charge in [-0.1, -0.05) is 0 Å². The van der Waals surface area contributed by atoms with Crippen LogP contribution in [0.2, 0.25) is 0 Å². The zero-order valence-electron chi connectivity index (χ0n) is 15.5. The summed E-state index contributed by atoms with van der Waals surface area (Å²) < 4.78 is 16.9. The van der Waals surface area contributed by atoms with Crippen LogP contribution in [0.5, 0.6) is 5.75 Å². The summed E-state index contributed by atoms with van der Waals surface area (Å²) in [7, 11) is 0. The molecule has 0 radical (unpaired) electrons. The number of carboxylic acid groups (broad SMARTS) is 1. The van der Waals surface area contributed by atoms with Crippen LogP contribution in [-0.4, -0.2) is 67.0 Å². The first-order valence-electron chi connectivity index (χ1n) is 9.59. The van der Waals surface area contributed by atoms with E-state index in [1.54, 1.807) is 29.2 Å². The highest BCUT2D eigenvalue weighted by Crippen LogP contribution is 2.19. The molecule has 1 N–H and O–H groups in total. The van der Waals surface area contributed by atoms with Crippen molar-refractivity contribution in [3.8, 4) is 5.75 Å². The molecule has 0 bridgehead atoms. The normalized spacial score (nSPS) is 21.9. The number of amides is 1. The average Bonchev–Trinajstić information content (AvgIpc) is 3.37. The highest BCUT2D eigenvalue weighted by molar-refractivity contribution is 5.94. The summed E-state index contributed by atoms with van der Waals surface area (Å²) in [6.45, 7) is 2.59. The first kappa shape index (κ1) is 19.6. The molecule has 2 saturated heterocycles. The van der Waals surface area contributed by atoms with E-state index in [1.807, 2.05) is 0 Å². The predicted octanol–water partition coefficient (Wildman–Crippen LogP) is 2.34. The molecule has 0 saturated carbocycles. The maximum absolute atomic E-state index is 12.8. The van der Waals surface area contributed by atoms with Crippen LogP contribution < -0.4 is 4.74 Å². The lowest BCUT2D eigenvalue weighted by Gasteiger charge is -2.25. The molecular formula is C20H27NO6. The Morgan fingerprint density at radius 3 is 2.33 bits per heavy atom. The summed E-state index contributed by atoms with van der Waals surface area (Å²) >= 11 is 0. The highest BCUT2D eigenvalue weighted by atomic mass is 16.5. The van der Waals surface area contributed by atoms with Crippen LogP contribution in [0.25, 0.3) is 0 Å². The summed E-state index contributed by atoms with van der Waals surface area (Å²) in [6, 6.07) is 6.97. The van der Waals surface area contributed by atoms with Crippen molar-refractivity contribution in [3.05, 3.63) is 29.8 Å². The second kappa shape index (κ2) is 9.71. The number of benzene rings is 1. The Kier molecular flexibility index (Phi) is 7.06. The molecule has 27 heavy (non-hydrogen) atoms. The monoisotopic (exact) mass is 377 g/mol. The first-order chi connectivity index (χ1) is 13.1. The number of ether oxygens (including phenoxy) is 3. The fourth-order valence-corrected chi connectivity index (χ4v) is 3.38. The van der Waals surface area contributed by atoms with E-state index in [0.717, 1.165) is 32.3 Å².